The van der Waals surface area contributed by atoms with Crippen molar-refractivity contribution in [1.82, 2.24) is 19.4 Å². The second-order valence-corrected chi connectivity index (χ2v) is 10.8. The van der Waals surface area contributed by atoms with Gasteiger partial charge in [0, 0.05) is 39.3 Å². The predicted molar refractivity (Wildman–Crippen MR) is 129 cm³/mol. The fourth-order valence-corrected chi connectivity index (χ4v) is 6.16. The topological polar surface area (TPSA) is 90.0 Å². The molecule has 2 heterocycles. The van der Waals surface area contributed by atoms with Crippen LogP contribution in [0.1, 0.15) is 24.0 Å². The molecule has 8 nitrogen and oxygen atoms in total. The van der Waals surface area contributed by atoms with E-state index in [-0.39, 0.29) is 23.3 Å². The van der Waals surface area contributed by atoms with Crippen molar-refractivity contribution in [3.8, 4) is 0 Å². The Hall–Kier alpha value is -2.75. The van der Waals surface area contributed by atoms with Crippen molar-refractivity contribution in [2.45, 2.75) is 37.2 Å². The van der Waals surface area contributed by atoms with Gasteiger partial charge in [-0.1, -0.05) is 48.0 Å². The lowest BCUT2D eigenvalue weighted by Crippen LogP contribution is -2.55. The molecule has 2 fully saturated rings. The van der Waals surface area contributed by atoms with Crippen LogP contribution in [-0.4, -0.2) is 79.6 Å². The number of piperazine rings is 1. The van der Waals surface area contributed by atoms with E-state index in [1.54, 1.807) is 29.2 Å². The highest BCUT2D eigenvalue weighted by atomic mass is 32.2. The maximum atomic E-state index is 13.3. The van der Waals surface area contributed by atoms with Crippen molar-refractivity contribution in [2.75, 3.05) is 39.3 Å². The van der Waals surface area contributed by atoms with Crippen molar-refractivity contribution in [3.63, 3.8) is 0 Å². The second-order valence-electron chi connectivity index (χ2n) is 8.95. The molecule has 1 atom stereocenters. The molecule has 2 aromatic rings. The molecule has 0 saturated carbocycles. The van der Waals surface area contributed by atoms with Crippen molar-refractivity contribution in [1.29, 1.82) is 0 Å². The zero-order valence-corrected chi connectivity index (χ0v) is 20.3. The van der Waals surface area contributed by atoms with Crippen LogP contribution in [0, 0.1) is 6.92 Å². The van der Waals surface area contributed by atoms with Gasteiger partial charge in [0.15, 0.2) is 0 Å². The summed E-state index contributed by atoms with van der Waals surface area (Å²) in [5, 5.41) is 2.93. The first-order valence-electron chi connectivity index (χ1n) is 11.7. The summed E-state index contributed by atoms with van der Waals surface area (Å²) in [5.41, 5.74) is 2.03. The first-order valence-corrected chi connectivity index (χ1v) is 13.2. The molecule has 2 aliphatic heterocycles. The molecule has 9 heteroatoms. The van der Waals surface area contributed by atoms with E-state index in [1.807, 2.05) is 42.2 Å². The minimum atomic E-state index is -3.72. The highest BCUT2D eigenvalue weighted by Crippen LogP contribution is 2.27. The van der Waals surface area contributed by atoms with Gasteiger partial charge in [-0.2, -0.15) is 4.31 Å². The molecule has 0 bridgehead atoms. The van der Waals surface area contributed by atoms with E-state index in [0.29, 0.717) is 52.1 Å². The summed E-state index contributed by atoms with van der Waals surface area (Å²) >= 11 is 0. The quantitative estimate of drug-likeness (QED) is 0.645. The maximum Gasteiger partial charge on any atom is 0.243 e. The standard InChI is InChI=1S/C25H32N4O4S/c1-20-9-11-22(12-10-20)34(32,33)29-13-5-8-23(29)25(31)28-16-14-27(15-17-28)19-24(30)26-18-21-6-3-2-4-7-21/h2-4,6-7,9-12,23H,5,8,13-19H2,1H3,(H,26,30)/t23-/m0/s1. The molecule has 182 valence electrons. The molecule has 2 aliphatic rings. The van der Waals surface area contributed by atoms with Crippen LogP contribution in [0.25, 0.3) is 0 Å². The Balaban J connectivity index is 1.29. The normalized spacial score (nSPS) is 19.8. The molecule has 2 aromatic carbocycles. The van der Waals surface area contributed by atoms with Gasteiger partial charge in [-0.05, 0) is 37.5 Å². The number of amides is 2. The molecule has 0 unspecified atom stereocenters. The largest absolute Gasteiger partial charge is 0.351 e. The molecule has 1 N–H and O–H groups in total. The second kappa shape index (κ2) is 10.7. The molecule has 0 radical (unpaired) electrons. The van der Waals surface area contributed by atoms with Crippen LogP contribution < -0.4 is 5.32 Å². The Morgan fingerprint density at radius 1 is 0.941 bits per heavy atom. The van der Waals surface area contributed by atoms with Crippen LogP contribution in [0.3, 0.4) is 0 Å². The van der Waals surface area contributed by atoms with Gasteiger partial charge in [0.25, 0.3) is 0 Å². The summed E-state index contributed by atoms with van der Waals surface area (Å²) in [6, 6.07) is 15.8. The maximum absolute atomic E-state index is 13.3. The molecule has 2 amide bonds. The average molecular weight is 485 g/mol. The molecule has 4 rings (SSSR count). The fraction of sp³-hybridized carbons (Fsp3) is 0.440. The molecule has 0 aliphatic carbocycles. The molecule has 0 aromatic heterocycles. The lowest BCUT2D eigenvalue weighted by Gasteiger charge is -2.36. The van der Waals surface area contributed by atoms with E-state index < -0.39 is 16.1 Å². The Labute approximate surface area is 201 Å². The van der Waals surface area contributed by atoms with Crippen LogP contribution in [0.4, 0.5) is 0 Å². The Morgan fingerprint density at radius 3 is 2.29 bits per heavy atom. The summed E-state index contributed by atoms with van der Waals surface area (Å²) in [6.45, 7) is 5.18. The monoisotopic (exact) mass is 484 g/mol. The first-order chi connectivity index (χ1) is 16.3. The zero-order valence-electron chi connectivity index (χ0n) is 19.5. The number of aryl methyl sites for hydroxylation is 1. The van der Waals surface area contributed by atoms with E-state index in [0.717, 1.165) is 11.1 Å². The third kappa shape index (κ3) is 5.65. The third-order valence-corrected chi connectivity index (χ3v) is 8.42. The summed E-state index contributed by atoms with van der Waals surface area (Å²) in [4.78, 5) is 29.6. The van der Waals surface area contributed by atoms with Gasteiger partial charge in [0.05, 0.1) is 11.4 Å². The first kappa shape index (κ1) is 24.4. The Kier molecular flexibility index (Phi) is 7.65. The van der Waals surface area contributed by atoms with Crippen LogP contribution in [0.5, 0.6) is 0 Å². The minimum Gasteiger partial charge on any atom is -0.351 e. The average Bonchev–Trinajstić information content (AvgIpc) is 3.35. The number of carbonyl (C=O) groups is 2. The van der Waals surface area contributed by atoms with Crippen molar-refractivity contribution < 1.29 is 18.0 Å². The van der Waals surface area contributed by atoms with Crippen LogP contribution in [-0.2, 0) is 26.2 Å². The number of carbonyl (C=O) groups excluding carboxylic acids is 2. The lowest BCUT2D eigenvalue weighted by atomic mass is 10.2. The molecular weight excluding hydrogens is 452 g/mol. The van der Waals surface area contributed by atoms with Crippen LogP contribution in [0.2, 0.25) is 0 Å². The highest BCUT2D eigenvalue weighted by molar-refractivity contribution is 7.89. The van der Waals surface area contributed by atoms with Crippen LogP contribution in [0.15, 0.2) is 59.5 Å². The third-order valence-electron chi connectivity index (χ3n) is 6.50. The number of nitrogens with one attached hydrogen (secondary N) is 1. The number of nitrogens with zero attached hydrogens (tertiary/aromatic N) is 3. The van der Waals surface area contributed by atoms with Crippen molar-refractivity contribution in [2.24, 2.45) is 0 Å². The van der Waals surface area contributed by atoms with E-state index in [4.69, 9.17) is 0 Å². The number of sulfonamides is 1. The van der Waals surface area contributed by atoms with E-state index in [2.05, 4.69) is 5.32 Å². The number of rotatable bonds is 7. The highest BCUT2D eigenvalue weighted by Gasteiger charge is 2.41. The van der Waals surface area contributed by atoms with Crippen molar-refractivity contribution in [3.05, 3.63) is 65.7 Å². The number of hydrogen-bond donors (Lipinski definition) is 1. The molecule has 34 heavy (non-hydrogen) atoms. The molecular formula is C25H32N4O4S. The molecule has 2 saturated heterocycles. The van der Waals surface area contributed by atoms with Gasteiger partial charge >= 0.3 is 0 Å². The van der Waals surface area contributed by atoms with Gasteiger partial charge in [-0.25, -0.2) is 8.42 Å². The summed E-state index contributed by atoms with van der Waals surface area (Å²) in [5.74, 6) is -0.184. The van der Waals surface area contributed by atoms with Gasteiger partial charge in [-0.15, -0.1) is 0 Å². The van der Waals surface area contributed by atoms with Crippen molar-refractivity contribution >= 4 is 21.8 Å². The number of benzene rings is 2. The Morgan fingerprint density at radius 2 is 1.62 bits per heavy atom. The molecule has 0 spiro atoms. The van der Waals surface area contributed by atoms with Gasteiger partial charge in [0.1, 0.15) is 6.04 Å². The van der Waals surface area contributed by atoms with E-state index in [9.17, 15) is 18.0 Å². The summed E-state index contributed by atoms with van der Waals surface area (Å²) in [6.07, 6.45) is 1.20. The summed E-state index contributed by atoms with van der Waals surface area (Å²) < 4.78 is 27.7. The fourth-order valence-electron chi connectivity index (χ4n) is 4.51. The lowest BCUT2D eigenvalue weighted by molar-refractivity contribution is -0.136. The van der Waals surface area contributed by atoms with Gasteiger partial charge in [-0.3, -0.25) is 14.5 Å². The Bertz CT molecular complexity index is 1100. The van der Waals surface area contributed by atoms with Crippen LogP contribution >= 0.6 is 0 Å². The predicted octanol–water partition coefficient (Wildman–Crippen LogP) is 1.61. The van der Waals surface area contributed by atoms with E-state index >= 15 is 0 Å². The van der Waals surface area contributed by atoms with Gasteiger partial charge in [0.2, 0.25) is 21.8 Å². The van der Waals surface area contributed by atoms with Gasteiger partial charge < -0.3 is 10.2 Å². The number of hydrogen-bond acceptors (Lipinski definition) is 5. The zero-order chi connectivity index (χ0) is 24.1. The summed E-state index contributed by atoms with van der Waals surface area (Å²) in [7, 11) is -3.72. The smallest absolute Gasteiger partial charge is 0.243 e. The van der Waals surface area contributed by atoms with E-state index in [1.165, 1.54) is 4.31 Å². The minimum absolute atomic E-state index is 0.0465. The SMILES string of the molecule is Cc1ccc(S(=O)(=O)N2CCC[C@H]2C(=O)N2CCN(CC(=O)NCc3ccccc3)CC2)cc1.